The van der Waals surface area contributed by atoms with Gasteiger partial charge >= 0.3 is 0 Å². The van der Waals surface area contributed by atoms with Crippen LogP contribution in [-0.2, 0) is 4.79 Å². The quantitative estimate of drug-likeness (QED) is 0.769. The van der Waals surface area contributed by atoms with E-state index in [0.717, 1.165) is 26.1 Å². The first-order valence-corrected chi connectivity index (χ1v) is 6.87. The van der Waals surface area contributed by atoms with Crippen LogP contribution in [0.25, 0.3) is 0 Å². The molecule has 0 aromatic heterocycles. The number of rotatable bonds is 5. The van der Waals surface area contributed by atoms with E-state index in [0.29, 0.717) is 12.5 Å². The maximum atomic E-state index is 11.8. The summed E-state index contributed by atoms with van der Waals surface area (Å²) in [4.78, 5) is 16.3. The average Bonchev–Trinajstić information content (AvgIpc) is 2.92. The molecule has 0 saturated carbocycles. The van der Waals surface area contributed by atoms with Crippen molar-refractivity contribution in [3.05, 3.63) is 0 Å². The minimum absolute atomic E-state index is 0.147. The first-order valence-electron chi connectivity index (χ1n) is 6.87. The van der Waals surface area contributed by atoms with E-state index in [1.165, 1.54) is 19.4 Å². The second-order valence-corrected chi connectivity index (χ2v) is 5.40. The van der Waals surface area contributed by atoms with E-state index in [1.54, 1.807) is 0 Å². The van der Waals surface area contributed by atoms with Crippen LogP contribution in [0.4, 0.5) is 0 Å². The predicted molar refractivity (Wildman–Crippen MR) is 66.7 cm³/mol. The Balaban J connectivity index is 1.82. The number of nitrogens with zero attached hydrogens (tertiary/aromatic N) is 2. The molecule has 2 aliphatic rings. The lowest BCUT2D eigenvalue weighted by Crippen LogP contribution is -2.39. The zero-order valence-electron chi connectivity index (χ0n) is 10.8. The molecule has 0 bridgehead atoms. The largest absolute Gasteiger partial charge is 0.396 e. The van der Waals surface area contributed by atoms with Crippen molar-refractivity contribution in [2.45, 2.75) is 38.6 Å². The van der Waals surface area contributed by atoms with Crippen molar-refractivity contribution in [3.63, 3.8) is 0 Å². The predicted octanol–water partition coefficient (Wildman–Crippen LogP) is 0.702. The molecule has 4 heteroatoms. The van der Waals surface area contributed by atoms with Crippen LogP contribution in [0.3, 0.4) is 0 Å². The first-order chi connectivity index (χ1) is 8.24. The molecule has 0 aromatic rings. The SMILES string of the molecule is CCCCN1CCC(N2CC(CO)CC2=O)C1. The molecule has 2 rings (SSSR count). The maximum absolute atomic E-state index is 11.8. The number of hydrogen-bond donors (Lipinski definition) is 1. The van der Waals surface area contributed by atoms with E-state index in [9.17, 15) is 4.79 Å². The molecule has 2 aliphatic heterocycles. The summed E-state index contributed by atoms with van der Waals surface area (Å²) in [5, 5.41) is 9.12. The zero-order chi connectivity index (χ0) is 12.3. The highest BCUT2D eigenvalue weighted by molar-refractivity contribution is 5.79. The minimum Gasteiger partial charge on any atom is -0.396 e. The molecule has 17 heavy (non-hydrogen) atoms. The van der Waals surface area contributed by atoms with E-state index in [2.05, 4.69) is 11.8 Å². The van der Waals surface area contributed by atoms with Gasteiger partial charge in [-0.2, -0.15) is 0 Å². The molecule has 2 atom stereocenters. The van der Waals surface area contributed by atoms with Gasteiger partial charge in [-0.05, 0) is 19.4 Å². The third-order valence-electron chi connectivity index (χ3n) is 4.01. The van der Waals surface area contributed by atoms with E-state index in [1.807, 2.05) is 4.90 Å². The Kier molecular flexibility index (Phi) is 4.40. The Bertz CT molecular complexity index is 270. The summed E-state index contributed by atoms with van der Waals surface area (Å²) in [5.74, 6) is 0.415. The number of carbonyl (C=O) groups excluding carboxylic acids is 1. The first kappa shape index (κ1) is 12.8. The Morgan fingerprint density at radius 3 is 2.88 bits per heavy atom. The standard InChI is InChI=1S/C13H24N2O2/c1-2-3-5-14-6-4-12(9-14)15-8-11(10-16)7-13(15)17/h11-12,16H,2-10H2,1H3. The molecule has 0 aromatic carbocycles. The molecular weight excluding hydrogens is 216 g/mol. The van der Waals surface area contributed by atoms with Crippen LogP contribution in [-0.4, -0.2) is 59.6 Å². The van der Waals surface area contributed by atoms with Crippen LogP contribution in [0.5, 0.6) is 0 Å². The normalized spacial score (nSPS) is 30.5. The molecule has 0 radical (unpaired) electrons. The fourth-order valence-electron chi connectivity index (χ4n) is 2.94. The van der Waals surface area contributed by atoms with Crippen LogP contribution >= 0.6 is 0 Å². The summed E-state index contributed by atoms with van der Waals surface area (Å²) in [5.41, 5.74) is 0. The second-order valence-electron chi connectivity index (χ2n) is 5.40. The van der Waals surface area contributed by atoms with Crippen LogP contribution in [0.2, 0.25) is 0 Å². The monoisotopic (exact) mass is 240 g/mol. The van der Waals surface area contributed by atoms with Crippen LogP contribution in [0.1, 0.15) is 32.6 Å². The highest BCUT2D eigenvalue weighted by Crippen LogP contribution is 2.24. The van der Waals surface area contributed by atoms with Gasteiger partial charge in [0.25, 0.3) is 0 Å². The molecule has 0 spiro atoms. The van der Waals surface area contributed by atoms with Crippen LogP contribution in [0, 0.1) is 5.92 Å². The Hall–Kier alpha value is -0.610. The summed E-state index contributed by atoms with van der Waals surface area (Å²) in [6, 6.07) is 0.399. The van der Waals surface area contributed by atoms with Gasteiger partial charge in [-0.25, -0.2) is 0 Å². The Labute approximate surface area is 104 Å². The fourth-order valence-corrected chi connectivity index (χ4v) is 2.94. The van der Waals surface area contributed by atoms with Gasteiger partial charge < -0.3 is 14.9 Å². The van der Waals surface area contributed by atoms with E-state index < -0.39 is 0 Å². The summed E-state index contributed by atoms with van der Waals surface area (Å²) in [6.45, 7) is 6.44. The van der Waals surface area contributed by atoms with Crippen molar-refractivity contribution in [1.82, 2.24) is 9.80 Å². The Morgan fingerprint density at radius 2 is 2.24 bits per heavy atom. The molecule has 1 N–H and O–H groups in total. The van der Waals surface area contributed by atoms with E-state index in [-0.39, 0.29) is 18.4 Å². The number of amides is 1. The third-order valence-corrected chi connectivity index (χ3v) is 4.01. The molecule has 2 saturated heterocycles. The van der Waals surface area contributed by atoms with E-state index >= 15 is 0 Å². The lowest BCUT2D eigenvalue weighted by atomic mass is 10.1. The van der Waals surface area contributed by atoms with Crippen molar-refractivity contribution in [3.8, 4) is 0 Å². The lowest BCUT2D eigenvalue weighted by molar-refractivity contribution is -0.129. The zero-order valence-corrected chi connectivity index (χ0v) is 10.8. The maximum Gasteiger partial charge on any atom is 0.223 e. The van der Waals surface area contributed by atoms with E-state index in [4.69, 9.17) is 5.11 Å². The third kappa shape index (κ3) is 2.99. The molecule has 2 fully saturated rings. The number of carbonyl (C=O) groups is 1. The van der Waals surface area contributed by atoms with Gasteiger partial charge in [-0.1, -0.05) is 13.3 Å². The molecule has 2 unspecified atom stereocenters. The molecule has 4 nitrogen and oxygen atoms in total. The topological polar surface area (TPSA) is 43.8 Å². The second kappa shape index (κ2) is 5.83. The summed E-state index contributed by atoms with van der Waals surface area (Å²) in [6.07, 6.45) is 4.13. The van der Waals surface area contributed by atoms with Crippen LogP contribution < -0.4 is 0 Å². The van der Waals surface area contributed by atoms with Crippen molar-refractivity contribution >= 4 is 5.91 Å². The molecular formula is C13H24N2O2. The average molecular weight is 240 g/mol. The highest BCUT2D eigenvalue weighted by atomic mass is 16.3. The smallest absolute Gasteiger partial charge is 0.223 e. The number of aliphatic hydroxyl groups is 1. The van der Waals surface area contributed by atoms with Gasteiger partial charge in [0.2, 0.25) is 5.91 Å². The number of likely N-dealkylation sites (tertiary alicyclic amines) is 2. The minimum atomic E-state index is 0.147. The Morgan fingerprint density at radius 1 is 1.41 bits per heavy atom. The van der Waals surface area contributed by atoms with Gasteiger partial charge in [0.1, 0.15) is 0 Å². The van der Waals surface area contributed by atoms with Crippen molar-refractivity contribution in [2.24, 2.45) is 5.92 Å². The molecule has 1 amide bonds. The lowest BCUT2D eigenvalue weighted by Gasteiger charge is -2.24. The summed E-state index contributed by atoms with van der Waals surface area (Å²) >= 11 is 0. The van der Waals surface area contributed by atoms with Crippen LogP contribution in [0.15, 0.2) is 0 Å². The van der Waals surface area contributed by atoms with Gasteiger partial charge in [-0.3, -0.25) is 4.79 Å². The summed E-state index contributed by atoms with van der Waals surface area (Å²) < 4.78 is 0. The summed E-state index contributed by atoms with van der Waals surface area (Å²) in [7, 11) is 0. The number of aliphatic hydroxyl groups excluding tert-OH is 1. The molecule has 98 valence electrons. The highest BCUT2D eigenvalue weighted by Gasteiger charge is 2.36. The van der Waals surface area contributed by atoms with Gasteiger partial charge in [0, 0.05) is 44.6 Å². The van der Waals surface area contributed by atoms with Crippen molar-refractivity contribution in [1.29, 1.82) is 0 Å². The molecule has 0 aliphatic carbocycles. The number of hydrogen-bond acceptors (Lipinski definition) is 3. The fraction of sp³-hybridized carbons (Fsp3) is 0.923. The van der Waals surface area contributed by atoms with Gasteiger partial charge in [-0.15, -0.1) is 0 Å². The van der Waals surface area contributed by atoms with Crippen molar-refractivity contribution in [2.75, 3.05) is 32.8 Å². The van der Waals surface area contributed by atoms with Gasteiger partial charge in [0.05, 0.1) is 0 Å². The molecule has 2 heterocycles. The van der Waals surface area contributed by atoms with Crippen molar-refractivity contribution < 1.29 is 9.90 Å². The number of unbranched alkanes of at least 4 members (excludes halogenated alkanes) is 1. The van der Waals surface area contributed by atoms with Gasteiger partial charge in [0.15, 0.2) is 0 Å².